The summed E-state index contributed by atoms with van der Waals surface area (Å²) in [5.74, 6) is 0.0322. The summed E-state index contributed by atoms with van der Waals surface area (Å²) >= 11 is 0. The number of rotatable bonds is 8. The van der Waals surface area contributed by atoms with Gasteiger partial charge in [0.05, 0.1) is 12.9 Å². The number of phosphoric acid groups is 3. The standard InChI is InChI=1S/C10H16N5O13P3.2Na/c11-8-5-9(13-2-12-8)15(3-14-5)10-7(17)6(16)4(26-10)1-25-30(21,22)28-31(23,24)27-29(18,19)20;;/h2-4,6-7,10,16-17H,1H2,(H,21,22)(H,23,24)(H2,11,12,13)(H2,18,19,20);;/q;2*+1/p-2/t4-,6+,7-,10-;;/m1../s1. The molecule has 2 aromatic heterocycles. The summed E-state index contributed by atoms with van der Waals surface area (Å²) < 4.78 is 51.0. The van der Waals surface area contributed by atoms with Crippen molar-refractivity contribution < 1.29 is 120 Å². The molecule has 33 heavy (non-hydrogen) atoms. The van der Waals surface area contributed by atoms with Crippen LogP contribution in [0.2, 0.25) is 0 Å². The molecule has 174 valence electrons. The predicted molar refractivity (Wildman–Crippen MR) is 91.0 cm³/mol. The summed E-state index contributed by atoms with van der Waals surface area (Å²) in [7, 11) is -17.4. The molecule has 0 saturated carbocycles. The molecular weight excluding hydrogens is 537 g/mol. The minimum absolute atomic E-state index is 0. The number of nitrogens with zero attached hydrogens (tertiary/aromatic N) is 4. The average molecular weight is 551 g/mol. The molecule has 18 nitrogen and oxygen atoms in total. The molecule has 0 bridgehead atoms. The second-order valence-corrected chi connectivity index (χ2v) is 10.3. The molecule has 1 aliphatic rings. The number of nitrogen functional groups attached to an aromatic ring is 1. The van der Waals surface area contributed by atoms with E-state index in [0.29, 0.717) is 0 Å². The Labute approximate surface area is 228 Å². The molecule has 3 rings (SSSR count). The van der Waals surface area contributed by atoms with E-state index in [1.807, 2.05) is 0 Å². The summed E-state index contributed by atoms with van der Waals surface area (Å²) in [6.45, 7) is -1.000. The molecule has 3 unspecified atom stereocenters. The topological polar surface area (TPSA) is 285 Å². The Kier molecular flexibility index (Phi) is 11.3. The number of anilines is 1. The van der Waals surface area contributed by atoms with Crippen molar-refractivity contribution in [2.24, 2.45) is 0 Å². The largest absolute Gasteiger partial charge is 1.00 e. The summed E-state index contributed by atoms with van der Waals surface area (Å²) in [6.07, 6.45) is -3.81. The monoisotopic (exact) mass is 551 g/mol. The Balaban J connectivity index is 0.00000272. The molecule has 6 N–H and O–H groups in total. The average Bonchev–Trinajstić information content (AvgIpc) is 3.13. The van der Waals surface area contributed by atoms with Crippen molar-refractivity contribution in [3.63, 3.8) is 0 Å². The number of hydrogen-bond acceptors (Lipinski definition) is 15. The van der Waals surface area contributed by atoms with E-state index in [2.05, 4.69) is 28.1 Å². The van der Waals surface area contributed by atoms with Crippen molar-refractivity contribution in [2.75, 3.05) is 12.3 Å². The van der Waals surface area contributed by atoms with E-state index in [-0.39, 0.29) is 76.1 Å². The molecule has 0 radical (unpaired) electrons. The van der Waals surface area contributed by atoms with Gasteiger partial charge in [-0.05, 0) is 0 Å². The molecule has 0 aromatic carbocycles. The number of aliphatic hydroxyl groups excluding tert-OH is 2. The molecule has 1 aliphatic heterocycles. The van der Waals surface area contributed by atoms with E-state index >= 15 is 0 Å². The van der Waals surface area contributed by atoms with Crippen LogP contribution in [-0.2, 0) is 31.6 Å². The third-order valence-electron chi connectivity index (χ3n) is 3.81. The Bertz CT molecular complexity index is 1120. The van der Waals surface area contributed by atoms with Crippen molar-refractivity contribution in [1.29, 1.82) is 0 Å². The maximum atomic E-state index is 11.7. The Hall–Kier alpha value is 0.640. The Morgan fingerprint density at radius 3 is 2.33 bits per heavy atom. The maximum Gasteiger partial charge on any atom is 1.00 e. The molecule has 23 heteroatoms. The second kappa shape index (κ2) is 11.8. The quantitative estimate of drug-likeness (QED) is 0.150. The van der Waals surface area contributed by atoms with Crippen LogP contribution in [0.3, 0.4) is 0 Å². The van der Waals surface area contributed by atoms with Crippen LogP contribution in [-0.4, -0.2) is 64.4 Å². The van der Waals surface area contributed by atoms with E-state index in [0.717, 1.165) is 6.33 Å². The van der Waals surface area contributed by atoms with Crippen molar-refractivity contribution in [3.05, 3.63) is 12.7 Å². The van der Waals surface area contributed by atoms with Gasteiger partial charge in [0, 0.05) is 0 Å². The van der Waals surface area contributed by atoms with Gasteiger partial charge in [-0.2, -0.15) is 0 Å². The number of nitrogens with two attached hydrogens (primary N) is 1. The SMILES string of the molecule is Nc1ncnc2c1ncn2[C@@H]1O[C@H](COP(=O)(O)OP(=O)([O-])OP(=O)([O-])O)[C@H](O)[C@H]1O.[Na+].[Na+]. The van der Waals surface area contributed by atoms with Crippen molar-refractivity contribution in [1.82, 2.24) is 19.5 Å². The van der Waals surface area contributed by atoms with Gasteiger partial charge in [-0.25, -0.2) is 28.1 Å². The first-order valence-corrected chi connectivity index (χ1v) is 12.3. The first-order chi connectivity index (χ1) is 14.2. The normalized spacial score (nSPS) is 28.2. The van der Waals surface area contributed by atoms with Crippen molar-refractivity contribution >= 4 is 40.4 Å². The van der Waals surface area contributed by atoms with E-state index in [4.69, 9.17) is 15.4 Å². The van der Waals surface area contributed by atoms with Gasteiger partial charge >= 0.3 is 66.9 Å². The zero-order valence-corrected chi connectivity index (χ0v) is 23.5. The van der Waals surface area contributed by atoms with E-state index in [1.165, 1.54) is 10.9 Å². The number of ether oxygens (including phenoxy) is 1. The van der Waals surface area contributed by atoms with Gasteiger partial charge in [-0.1, -0.05) is 0 Å². The third kappa shape index (κ3) is 8.06. The molecule has 0 amide bonds. The van der Waals surface area contributed by atoms with Crippen LogP contribution in [0.1, 0.15) is 6.23 Å². The third-order valence-corrected chi connectivity index (χ3v) is 7.53. The van der Waals surface area contributed by atoms with E-state index in [9.17, 15) is 38.6 Å². The van der Waals surface area contributed by atoms with Gasteiger partial charge in [0.25, 0.3) is 15.6 Å². The van der Waals surface area contributed by atoms with Crippen LogP contribution in [0.25, 0.3) is 11.2 Å². The molecule has 0 spiro atoms. The molecule has 2 aromatic rings. The second-order valence-electron chi connectivity index (χ2n) is 5.97. The van der Waals surface area contributed by atoms with Gasteiger partial charge in [0.2, 0.25) is 0 Å². The fourth-order valence-corrected chi connectivity index (χ4v) is 5.55. The van der Waals surface area contributed by atoms with Gasteiger partial charge in [0.15, 0.2) is 17.7 Å². The van der Waals surface area contributed by atoms with Crippen LogP contribution < -0.4 is 74.6 Å². The number of fused-ring (bicyclic) bond motifs is 1. The number of phosphoric ester groups is 1. The zero-order chi connectivity index (χ0) is 23.2. The smallest absolute Gasteiger partial charge is 0.756 e. The van der Waals surface area contributed by atoms with Crippen LogP contribution in [0.5, 0.6) is 0 Å². The minimum Gasteiger partial charge on any atom is -0.756 e. The van der Waals surface area contributed by atoms with Gasteiger partial charge < -0.3 is 40.3 Å². The van der Waals surface area contributed by atoms with Crippen LogP contribution >= 0.6 is 23.5 Å². The summed E-state index contributed by atoms with van der Waals surface area (Å²) in [4.78, 5) is 51.0. The molecule has 7 atom stereocenters. The molecule has 1 fully saturated rings. The van der Waals surface area contributed by atoms with Crippen LogP contribution in [0.15, 0.2) is 12.7 Å². The van der Waals surface area contributed by atoms with Crippen molar-refractivity contribution in [3.8, 4) is 0 Å². The number of imidazole rings is 1. The maximum absolute atomic E-state index is 11.7. The number of hydrogen-bond donors (Lipinski definition) is 5. The fraction of sp³-hybridized carbons (Fsp3) is 0.500. The van der Waals surface area contributed by atoms with E-state index < -0.39 is 54.6 Å². The molecule has 0 aliphatic carbocycles. The summed E-state index contributed by atoms with van der Waals surface area (Å²) in [6, 6.07) is 0. The molecule has 1 saturated heterocycles. The fourth-order valence-electron chi connectivity index (χ4n) is 2.61. The summed E-state index contributed by atoms with van der Waals surface area (Å²) in [5, 5.41) is 20.4. The van der Waals surface area contributed by atoms with E-state index in [1.54, 1.807) is 0 Å². The Morgan fingerprint density at radius 1 is 1.09 bits per heavy atom. The number of aromatic nitrogens is 4. The Morgan fingerprint density at radius 2 is 1.73 bits per heavy atom. The van der Waals surface area contributed by atoms with Gasteiger partial charge in [0.1, 0.15) is 30.2 Å². The van der Waals surface area contributed by atoms with Crippen LogP contribution in [0, 0.1) is 0 Å². The first kappa shape index (κ1) is 31.7. The minimum atomic E-state index is -6.01. The zero-order valence-electron chi connectivity index (χ0n) is 16.8. The predicted octanol–water partition coefficient (Wildman–Crippen LogP) is -8.89. The van der Waals surface area contributed by atoms with Gasteiger partial charge in [-0.3, -0.25) is 18.2 Å². The number of aliphatic hydroxyl groups is 2. The molecule has 3 heterocycles. The molecular formula is C10H14N5Na2O13P3. The van der Waals surface area contributed by atoms with Crippen molar-refractivity contribution in [2.45, 2.75) is 24.5 Å². The van der Waals surface area contributed by atoms with Crippen LogP contribution in [0.4, 0.5) is 5.82 Å². The summed E-state index contributed by atoms with van der Waals surface area (Å²) in [5.41, 5.74) is 5.97. The van der Waals surface area contributed by atoms with Gasteiger partial charge in [-0.15, -0.1) is 0 Å². The first-order valence-electron chi connectivity index (χ1n) is 7.88.